The summed E-state index contributed by atoms with van der Waals surface area (Å²) in [6.45, 7) is 7.04. The van der Waals surface area contributed by atoms with Gasteiger partial charge in [-0.15, -0.1) is 0 Å². The van der Waals surface area contributed by atoms with Crippen LogP contribution in [-0.2, 0) is 11.3 Å². The number of hydrogen-bond donors (Lipinski definition) is 2. The zero-order valence-corrected chi connectivity index (χ0v) is 12.7. The highest BCUT2D eigenvalue weighted by atomic mass is 16.3. The van der Waals surface area contributed by atoms with E-state index in [-0.39, 0.29) is 12.5 Å². The van der Waals surface area contributed by atoms with E-state index < -0.39 is 6.10 Å². The summed E-state index contributed by atoms with van der Waals surface area (Å²) in [6, 6.07) is 5.35. The summed E-state index contributed by atoms with van der Waals surface area (Å²) in [5.74, 6) is 0.495. The normalized spacial score (nSPS) is 12.6. The molecular weight excluding hydrogens is 268 g/mol. The highest BCUT2D eigenvalue weighted by Gasteiger charge is 2.19. The predicted octanol–water partition coefficient (Wildman–Crippen LogP) is 1.54. The van der Waals surface area contributed by atoms with Crippen LogP contribution in [0.5, 0.6) is 0 Å². The summed E-state index contributed by atoms with van der Waals surface area (Å²) >= 11 is 0. The third-order valence-corrected chi connectivity index (χ3v) is 3.59. The average Bonchev–Trinajstić information content (AvgIpc) is 2.78. The lowest BCUT2D eigenvalue weighted by atomic mass is 10.3. The predicted molar refractivity (Wildman–Crippen MR) is 82.7 cm³/mol. The molecule has 3 N–H and O–H groups in total. The number of anilines is 1. The second-order valence-corrected chi connectivity index (χ2v) is 5.05. The van der Waals surface area contributed by atoms with E-state index in [2.05, 4.69) is 4.98 Å². The molecule has 0 saturated heterocycles. The van der Waals surface area contributed by atoms with Crippen LogP contribution in [0.1, 0.15) is 32.7 Å². The van der Waals surface area contributed by atoms with Crippen LogP contribution >= 0.6 is 0 Å². The van der Waals surface area contributed by atoms with Gasteiger partial charge in [-0.25, -0.2) is 4.98 Å². The minimum atomic E-state index is -0.747. The molecule has 2 rings (SSSR count). The largest absolute Gasteiger partial charge is 0.399 e. The monoisotopic (exact) mass is 290 g/mol. The lowest BCUT2D eigenvalue weighted by Crippen LogP contribution is -2.33. The molecule has 1 unspecified atom stereocenters. The molecule has 0 saturated carbocycles. The minimum absolute atomic E-state index is 0.0121. The maximum atomic E-state index is 12.3. The number of nitrogens with two attached hydrogens (primary N) is 1. The molecule has 0 radical (unpaired) electrons. The summed E-state index contributed by atoms with van der Waals surface area (Å²) in [6.07, 6.45) is -0.747. The minimum Gasteiger partial charge on any atom is -0.399 e. The molecule has 0 fully saturated rings. The van der Waals surface area contributed by atoms with Crippen LogP contribution in [0.3, 0.4) is 0 Å². The first kappa shape index (κ1) is 15.3. The Labute approximate surface area is 124 Å². The number of nitrogen functional groups attached to an aromatic ring is 1. The zero-order valence-electron chi connectivity index (χ0n) is 12.7. The van der Waals surface area contributed by atoms with Crippen molar-refractivity contribution in [3.63, 3.8) is 0 Å². The summed E-state index contributed by atoms with van der Waals surface area (Å²) < 4.78 is 1.76. The summed E-state index contributed by atoms with van der Waals surface area (Å²) in [5, 5.41) is 9.90. The molecule has 114 valence electrons. The number of carbonyl (C=O) groups is 1. The van der Waals surface area contributed by atoms with Crippen molar-refractivity contribution in [2.75, 3.05) is 18.8 Å². The molecule has 1 atom stereocenters. The molecule has 0 spiro atoms. The maximum Gasteiger partial charge on any atom is 0.242 e. The molecule has 1 aromatic carbocycles. The van der Waals surface area contributed by atoms with Crippen LogP contribution in [0.25, 0.3) is 11.0 Å². The number of imidazole rings is 1. The van der Waals surface area contributed by atoms with E-state index in [1.54, 1.807) is 28.5 Å². The lowest BCUT2D eigenvalue weighted by Gasteiger charge is -2.20. The van der Waals surface area contributed by atoms with Crippen molar-refractivity contribution < 1.29 is 9.90 Å². The Kier molecular flexibility index (Phi) is 4.47. The second kappa shape index (κ2) is 6.13. The molecule has 2 aromatic rings. The van der Waals surface area contributed by atoms with Gasteiger partial charge in [-0.2, -0.15) is 0 Å². The van der Waals surface area contributed by atoms with Crippen molar-refractivity contribution >= 4 is 22.6 Å². The van der Waals surface area contributed by atoms with Gasteiger partial charge in [0.1, 0.15) is 18.5 Å². The number of hydrogen-bond acceptors (Lipinski definition) is 4. The summed E-state index contributed by atoms with van der Waals surface area (Å²) in [4.78, 5) is 18.5. The fourth-order valence-corrected chi connectivity index (χ4v) is 2.46. The molecule has 6 nitrogen and oxygen atoms in total. The van der Waals surface area contributed by atoms with Gasteiger partial charge in [0.05, 0.1) is 11.0 Å². The maximum absolute atomic E-state index is 12.3. The first-order valence-electron chi connectivity index (χ1n) is 7.19. The van der Waals surface area contributed by atoms with Crippen molar-refractivity contribution in [2.45, 2.75) is 33.4 Å². The number of fused-ring (bicyclic) bond motifs is 1. The smallest absolute Gasteiger partial charge is 0.242 e. The number of likely N-dealkylation sites (N-methyl/N-ethyl adjacent to an activating group) is 1. The van der Waals surface area contributed by atoms with Crippen molar-refractivity contribution in [1.82, 2.24) is 14.5 Å². The van der Waals surface area contributed by atoms with E-state index in [1.165, 1.54) is 0 Å². The fourth-order valence-electron chi connectivity index (χ4n) is 2.46. The topological polar surface area (TPSA) is 84.4 Å². The number of benzene rings is 1. The van der Waals surface area contributed by atoms with E-state index in [9.17, 15) is 9.90 Å². The quantitative estimate of drug-likeness (QED) is 0.818. The second-order valence-electron chi connectivity index (χ2n) is 5.05. The summed E-state index contributed by atoms with van der Waals surface area (Å²) in [7, 11) is 0. The van der Waals surface area contributed by atoms with Crippen LogP contribution in [-0.4, -0.2) is 38.6 Å². The van der Waals surface area contributed by atoms with Crippen LogP contribution in [0.2, 0.25) is 0 Å². The highest BCUT2D eigenvalue weighted by Crippen LogP contribution is 2.23. The molecule has 0 aliphatic rings. The number of rotatable bonds is 5. The Balaban J connectivity index is 2.46. The SMILES string of the molecule is CCN(CC)C(=O)Cn1c(C(C)O)nc2cc(N)ccc21. The molecule has 21 heavy (non-hydrogen) atoms. The molecule has 0 aliphatic heterocycles. The van der Waals surface area contributed by atoms with Crippen molar-refractivity contribution in [2.24, 2.45) is 0 Å². The Morgan fingerprint density at radius 1 is 1.43 bits per heavy atom. The van der Waals surface area contributed by atoms with Gasteiger partial charge in [0, 0.05) is 18.8 Å². The van der Waals surface area contributed by atoms with Gasteiger partial charge in [-0.3, -0.25) is 4.79 Å². The third kappa shape index (κ3) is 3.00. The Morgan fingerprint density at radius 3 is 2.67 bits per heavy atom. The molecule has 0 bridgehead atoms. The number of nitrogens with zero attached hydrogens (tertiary/aromatic N) is 3. The third-order valence-electron chi connectivity index (χ3n) is 3.59. The Hall–Kier alpha value is -2.08. The van der Waals surface area contributed by atoms with Gasteiger partial charge < -0.3 is 20.3 Å². The molecule has 1 aromatic heterocycles. The van der Waals surface area contributed by atoms with Crippen LogP contribution in [0, 0.1) is 0 Å². The van der Waals surface area contributed by atoms with Gasteiger partial charge in [0.15, 0.2) is 0 Å². The Bertz CT molecular complexity index is 644. The van der Waals surface area contributed by atoms with E-state index >= 15 is 0 Å². The van der Waals surface area contributed by atoms with Crippen LogP contribution in [0.4, 0.5) is 5.69 Å². The van der Waals surface area contributed by atoms with Gasteiger partial charge >= 0.3 is 0 Å². The van der Waals surface area contributed by atoms with Crippen LogP contribution < -0.4 is 5.73 Å². The van der Waals surface area contributed by atoms with Gasteiger partial charge in [-0.05, 0) is 39.0 Å². The number of aliphatic hydroxyl groups excluding tert-OH is 1. The van der Waals surface area contributed by atoms with Crippen molar-refractivity contribution in [3.8, 4) is 0 Å². The lowest BCUT2D eigenvalue weighted by molar-refractivity contribution is -0.131. The number of aromatic nitrogens is 2. The molecular formula is C15H22N4O2. The van der Waals surface area contributed by atoms with Gasteiger partial charge in [0.25, 0.3) is 0 Å². The van der Waals surface area contributed by atoms with E-state index in [0.29, 0.717) is 30.1 Å². The van der Waals surface area contributed by atoms with E-state index in [0.717, 1.165) is 5.52 Å². The number of amides is 1. The standard InChI is InChI=1S/C15H22N4O2/c1-4-18(5-2)14(21)9-19-13-7-6-11(16)8-12(13)17-15(19)10(3)20/h6-8,10,20H,4-5,9,16H2,1-3H3. The highest BCUT2D eigenvalue weighted by molar-refractivity contribution is 5.83. The number of aliphatic hydroxyl groups is 1. The molecule has 0 aliphatic carbocycles. The molecule has 6 heteroatoms. The molecule has 1 amide bonds. The number of carbonyl (C=O) groups excluding carboxylic acids is 1. The molecule has 1 heterocycles. The van der Waals surface area contributed by atoms with E-state index in [4.69, 9.17) is 5.73 Å². The van der Waals surface area contributed by atoms with Gasteiger partial charge in [0.2, 0.25) is 5.91 Å². The summed E-state index contributed by atoms with van der Waals surface area (Å²) in [5.41, 5.74) is 7.87. The zero-order chi connectivity index (χ0) is 15.6. The fraction of sp³-hybridized carbons (Fsp3) is 0.467. The average molecular weight is 290 g/mol. The van der Waals surface area contributed by atoms with Crippen molar-refractivity contribution in [3.05, 3.63) is 24.0 Å². The first-order chi connectivity index (χ1) is 9.97. The van der Waals surface area contributed by atoms with E-state index in [1.807, 2.05) is 19.9 Å². The first-order valence-corrected chi connectivity index (χ1v) is 7.19. The van der Waals surface area contributed by atoms with Crippen LogP contribution in [0.15, 0.2) is 18.2 Å². The Morgan fingerprint density at radius 2 is 2.10 bits per heavy atom. The van der Waals surface area contributed by atoms with Gasteiger partial charge in [-0.1, -0.05) is 0 Å². The van der Waals surface area contributed by atoms with Crippen molar-refractivity contribution in [1.29, 1.82) is 0 Å².